The van der Waals surface area contributed by atoms with E-state index in [0.717, 1.165) is 5.69 Å². The van der Waals surface area contributed by atoms with Crippen LogP contribution in [0.4, 0.5) is 15.8 Å². The lowest BCUT2D eigenvalue weighted by Gasteiger charge is -2.24. The lowest BCUT2D eigenvalue weighted by molar-refractivity contribution is 0.282. The minimum Gasteiger partial charge on any atom is -0.392 e. The van der Waals surface area contributed by atoms with E-state index < -0.39 is 0 Å². The largest absolute Gasteiger partial charge is 0.392 e. The first-order chi connectivity index (χ1) is 9.17. The van der Waals surface area contributed by atoms with Crippen LogP contribution in [0.2, 0.25) is 5.02 Å². The number of hydrogen-bond donors (Lipinski definition) is 1. The fourth-order valence-electron chi connectivity index (χ4n) is 1.99. The van der Waals surface area contributed by atoms with Crippen LogP contribution >= 0.6 is 11.6 Å². The predicted octanol–water partition coefficient (Wildman–Crippen LogP) is 4.13. The Bertz CT molecular complexity index is 574. The molecule has 19 heavy (non-hydrogen) atoms. The summed E-state index contributed by atoms with van der Waals surface area (Å²) < 4.78 is 13.8. The van der Waals surface area contributed by atoms with Gasteiger partial charge in [0, 0.05) is 17.3 Å². The molecule has 0 spiro atoms. The second-order valence-corrected chi connectivity index (χ2v) is 4.54. The van der Waals surface area contributed by atoms with Gasteiger partial charge in [-0.2, -0.15) is 0 Å². The van der Waals surface area contributed by atoms with Gasteiger partial charge in [-0.15, -0.1) is 0 Å². The summed E-state index contributed by atoms with van der Waals surface area (Å²) in [6.07, 6.45) is 0. The predicted molar refractivity (Wildman–Crippen MR) is 76.5 cm³/mol. The van der Waals surface area contributed by atoms with E-state index in [1.54, 1.807) is 30.3 Å². The normalized spacial score (nSPS) is 10.5. The summed E-state index contributed by atoms with van der Waals surface area (Å²) in [6.45, 7) is 2.46. The topological polar surface area (TPSA) is 23.5 Å². The summed E-state index contributed by atoms with van der Waals surface area (Å²) >= 11 is 6.08. The number of halogens is 2. The van der Waals surface area contributed by atoms with Gasteiger partial charge in [0.05, 0.1) is 12.3 Å². The van der Waals surface area contributed by atoms with Crippen LogP contribution in [0.1, 0.15) is 12.5 Å². The second kappa shape index (κ2) is 6.04. The van der Waals surface area contributed by atoms with Crippen LogP contribution in [-0.4, -0.2) is 11.7 Å². The van der Waals surface area contributed by atoms with Crippen molar-refractivity contribution in [3.05, 3.63) is 58.9 Å². The molecule has 0 heterocycles. The van der Waals surface area contributed by atoms with Gasteiger partial charge < -0.3 is 10.0 Å². The van der Waals surface area contributed by atoms with Crippen molar-refractivity contribution < 1.29 is 9.50 Å². The highest BCUT2D eigenvalue weighted by molar-refractivity contribution is 6.31. The third-order valence-corrected chi connectivity index (χ3v) is 3.33. The monoisotopic (exact) mass is 279 g/mol. The third kappa shape index (κ3) is 2.88. The van der Waals surface area contributed by atoms with Crippen molar-refractivity contribution in [2.45, 2.75) is 13.5 Å². The van der Waals surface area contributed by atoms with Crippen molar-refractivity contribution in [3.8, 4) is 0 Å². The Morgan fingerprint density at radius 1 is 1.21 bits per heavy atom. The summed E-state index contributed by atoms with van der Waals surface area (Å²) in [7, 11) is 0. The molecule has 0 aromatic heterocycles. The number of hydrogen-bond acceptors (Lipinski definition) is 2. The maximum atomic E-state index is 13.8. The van der Waals surface area contributed by atoms with Gasteiger partial charge in [-0.3, -0.25) is 0 Å². The van der Waals surface area contributed by atoms with Crippen molar-refractivity contribution in [1.29, 1.82) is 0 Å². The van der Waals surface area contributed by atoms with Crippen molar-refractivity contribution in [3.63, 3.8) is 0 Å². The van der Waals surface area contributed by atoms with Gasteiger partial charge in [-0.1, -0.05) is 29.8 Å². The van der Waals surface area contributed by atoms with E-state index in [-0.39, 0.29) is 12.4 Å². The summed E-state index contributed by atoms with van der Waals surface area (Å²) in [5.41, 5.74) is 1.97. The number of para-hydroxylation sites is 1. The van der Waals surface area contributed by atoms with E-state index in [4.69, 9.17) is 16.7 Å². The van der Waals surface area contributed by atoms with Crippen molar-refractivity contribution in [2.75, 3.05) is 11.4 Å². The van der Waals surface area contributed by atoms with Crippen LogP contribution in [0.25, 0.3) is 0 Å². The Morgan fingerprint density at radius 2 is 1.95 bits per heavy atom. The molecule has 0 aliphatic rings. The van der Waals surface area contributed by atoms with Gasteiger partial charge in [0.2, 0.25) is 0 Å². The fourth-order valence-corrected chi connectivity index (χ4v) is 2.23. The van der Waals surface area contributed by atoms with Crippen LogP contribution in [0.15, 0.2) is 42.5 Å². The second-order valence-electron chi connectivity index (χ2n) is 4.13. The summed E-state index contributed by atoms with van der Waals surface area (Å²) in [5.74, 6) is -0.272. The molecule has 2 aromatic carbocycles. The average Bonchev–Trinajstić information content (AvgIpc) is 2.42. The molecule has 0 saturated carbocycles. The smallest absolute Gasteiger partial charge is 0.146 e. The molecule has 0 bridgehead atoms. The molecule has 0 aliphatic heterocycles. The van der Waals surface area contributed by atoms with Crippen LogP contribution < -0.4 is 4.90 Å². The number of anilines is 2. The van der Waals surface area contributed by atoms with Crippen LogP contribution in [0, 0.1) is 5.82 Å². The van der Waals surface area contributed by atoms with Crippen LogP contribution in [0.5, 0.6) is 0 Å². The highest BCUT2D eigenvalue weighted by Gasteiger charge is 2.12. The summed E-state index contributed by atoms with van der Waals surface area (Å²) in [4.78, 5) is 1.84. The zero-order valence-corrected chi connectivity index (χ0v) is 11.4. The zero-order valence-electron chi connectivity index (χ0n) is 10.6. The molecule has 0 fully saturated rings. The molecule has 0 amide bonds. The molecule has 1 N–H and O–H groups in total. The summed E-state index contributed by atoms with van der Waals surface area (Å²) in [6, 6.07) is 11.9. The van der Waals surface area contributed by atoms with E-state index >= 15 is 0 Å². The Kier molecular flexibility index (Phi) is 4.40. The van der Waals surface area contributed by atoms with E-state index in [0.29, 0.717) is 22.8 Å². The first kappa shape index (κ1) is 13.8. The number of nitrogens with zero attached hydrogens (tertiary/aromatic N) is 1. The van der Waals surface area contributed by atoms with Crippen molar-refractivity contribution >= 4 is 23.0 Å². The third-order valence-electron chi connectivity index (χ3n) is 2.98. The van der Waals surface area contributed by atoms with Gasteiger partial charge in [0.25, 0.3) is 0 Å². The molecule has 0 aliphatic carbocycles. The minimum atomic E-state index is -0.272. The Hall–Kier alpha value is -1.58. The van der Waals surface area contributed by atoms with E-state index in [9.17, 15) is 4.39 Å². The van der Waals surface area contributed by atoms with E-state index in [2.05, 4.69) is 0 Å². The number of rotatable bonds is 4. The Morgan fingerprint density at radius 3 is 2.53 bits per heavy atom. The molecular weight excluding hydrogens is 265 g/mol. The van der Waals surface area contributed by atoms with Crippen molar-refractivity contribution in [2.24, 2.45) is 0 Å². The Balaban J connectivity index is 2.43. The quantitative estimate of drug-likeness (QED) is 0.910. The highest BCUT2D eigenvalue weighted by atomic mass is 35.5. The molecule has 2 nitrogen and oxygen atoms in total. The van der Waals surface area contributed by atoms with Crippen LogP contribution in [0.3, 0.4) is 0 Å². The SMILES string of the molecule is CCN(c1ccc(CO)c(Cl)c1)c1ccccc1F. The lowest BCUT2D eigenvalue weighted by Crippen LogP contribution is -2.17. The van der Waals surface area contributed by atoms with E-state index in [1.807, 2.05) is 17.9 Å². The highest BCUT2D eigenvalue weighted by Crippen LogP contribution is 2.30. The first-order valence-electron chi connectivity index (χ1n) is 6.08. The molecule has 0 atom stereocenters. The molecule has 0 radical (unpaired) electrons. The maximum absolute atomic E-state index is 13.8. The average molecular weight is 280 g/mol. The van der Waals surface area contributed by atoms with Gasteiger partial charge in [0.1, 0.15) is 5.82 Å². The van der Waals surface area contributed by atoms with Gasteiger partial charge >= 0.3 is 0 Å². The summed E-state index contributed by atoms with van der Waals surface area (Å²) in [5, 5.41) is 9.59. The molecule has 0 saturated heterocycles. The molecular formula is C15H15ClFNO. The zero-order chi connectivity index (χ0) is 13.8. The minimum absolute atomic E-state index is 0.106. The van der Waals surface area contributed by atoms with Gasteiger partial charge in [-0.05, 0) is 36.8 Å². The maximum Gasteiger partial charge on any atom is 0.146 e. The standard InChI is InChI=1S/C15H15ClFNO/c1-2-18(15-6-4-3-5-14(15)17)12-8-7-11(10-19)13(16)9-12/h3-9,19H,2,10H2,1H3. The molecule has 2 aromatic rings. The molecule has 100 valence electrons. The molecule has 4 heteroatoms. The van der Waals surface area contributed by atoms with Gasteiger partial charge in [-0.25, -0.2) is 4.39 Å². The van der Waals surface area contributed by atoms with Gasteiger partial charge in [0.15, 0.2) is 0 Å². The lowest BCUT2D eigenvalue weighted by atomic mass is 10.2. The number of aliphatic hydroxyl groups excluding tert-OH is 1. The Labute approximate surface area is 117 Å². The number of benzene rings is 2. The van der Waals surface area contributed by atoms with E-state index in [1.165, 1.54) is 6.07 Å². The number of aliphatic hydroxyl groups is 1. The first-order valence-corrected chi connectivity index (χ1v) is 6.46. The fraction of sp³-hybridized carbons (Fsp3) is 0.200. The molecule has 0 unspecified atom stereocenters. The van der Waals surface area contributed by atoms with Crippen molar-refractivity contribution in [1.82, 2.24) is 0 Å². The molecule has 2 rings (SSSR count). The van der Waals surface area contributed by atoms with Crippen LogP contribution in [-0.2, 0) is 6.61 Å².